The molecule has 5 heteroatoms. The average Bonchev–Trinajstić information content (AvgIpc) is 2.37. The molecule has 1 saturated heterocycles. The highest BCUT2D eigenvalue weighted by Crippen LogP contribution is 2.20. The van der Waals surface area contributed by atoms with Crippen LogP contribution in [0.25, 0.3) is 0 Å². The van der Waals surface area contributed by atoms with Crippen molar-refractivity contribution in [3.8, 4) is 0 Å². The summed E-state index contributed by atoms with van der Waals surface area (Å²) >= 11 is 0. The van der Waals surface area contributed by atoms with Gasteiger partial charge in [-0.15, -0.1) is 0 Å². The van der Waals surface area contributed by atoms with Gasteiger partial charge in [-0.3, -0.25) is 4.90 Å². The molecule has 1 aliphatic heterocycles. The quantitative estimate of drug-likeness (QED) is 0.904. The van der Waals surface area contributed by atoms with Gasteiger partial charge in [0.15, 0.2) is 0 Å². The fraction of sp³-hybridized carbons (Fsp3) is 0.625. The van der Waals surface area contributed by atoms with Gasteiger partial charge in [-0.1, -0.05) is 0 Å². The van der Waals surface area contributed by atoms with Crippen LogP contribution in [0.5, 0.6) is 0 Å². The van der Waals surface area contributed by atoms with Gasteiger partial charge in [-0.2, -0.15) is 0 Å². The van der Waals surface area contributed by atoms with Gasteiger partial charge >= 0.3 is 0 Å². The van der Waals surface area contributed by atoms with E-state index in [4.69, 9.17) is 4.74 Å². The van der Waals surface area contributed by atoms with Gasteiger partial charge in [0.25, 0.3) is 0 Å². The van der Waals surface area contributed by atoms with Crippen LogP contribution < -0.4 is 5.32 Å². The molecule has 0 spiro atoms. The molecule has 1 aromatic carbocycles. The van der Waals surface area contributed by atoms with Crippen molar-refractivity contribution in [2.24, 2.45) is 0 Å². The van der Waals surface area contributed by atoms with Gasteiger partial charge in [0.05, 0.1) is 12.2 Å². The molecule has 118 valence electrons. The van der Waals surface area contributed by atoms with E-state index in [1.807, 2.05) is 7.05 Å². The zero-order valence-corrected chi connectivity index (χ0v) is 12.9. The molecule has 2 rings (SSSR count). The van der Waals surface area contributed by atoms with Crippen LogP contribution in [-0.4, -0.2) is 43.8 Å². The normalized spacial score (nSPS) is 25.0. The van der Waals surface area contributed by atoms with Crippen LogP contribution in [0.2, 0.25) is 0 Å². The summed E-state index contributed by atoms with van der Waals surface area (Å²) in [5.74, 6) is -1.06. The Morgan fingerprint density at radius 3 is 2.29 bits per heavy atom. The first kappa shape index (κ1) is 16.3. The lowest BCUT2D eigenvalue weighted by atomic mass is 10.0. The SMILES string of the molecule is CNC(CCN1C[C@@H](C)O[C@@H](C)C1)c1cc(F)cc(F)c1. The lowest BCUT2D eigenvalue weighted by molar-refractivity contribution is -0.0685. The van der Waals surface area contributed by atoms with E-state index in [0.29, 0.717) is 5.56 Å². The smallest absolute Gasteiger partial charge is 0.126 e. The number of hydrogen-bond acceptors (Lipinski definition) is 3. The van der Waals surface area contributed by atoms with E-state index < -0.39 is 11.6 Å². The van der Waals surface area contributed by atoms with Crippen molar-refractivity contribution >= 4 is 0 Å². The lowest BCUT2D eigenvalue weighted by Crippen LogP contribution is -2.46. The molecule has 1 N–H and O–H groups in total. The number of hydrogen-bond donors (Lipinski definition) is 1. The topological polar surface area (TPSA) is 24.5 Å². The van der Waals surface area contributed by atoms with Crippen LogP contribution in [0, 0.1) is 11.6 Å². The number of nitrogens with zero attached hydrogens (tertiary/aromatic N) is 1. The highest BCUT2D eigenvalue weighted by Gasteiger charge is 2.23. The van der Waals surface area contributed by atoms with E-state index >= 15 is 0 Å². The second-order valence-corrected chi connectivity index (χ2v) is 5.85. The van der Waals surface area contributed by atoms with Crippen LogP contribution in [0.1, 0.15) is 31.9 Å². The van der Waals surface area contributed by atoms with Gasteiger partial charge in [0.1, 0.15) is 11.6 Å². The van der Waals surface area contributed by atoms with Crippen LogP contribution in [0.4, 0.5) is 8.78 Å². The molecule has 1 heterocycles. The standard InChI is InChI=1S/C16H24F2N2O/c1-11-9-20(10-12(2)21-11)5-4-16(19-3)13-6-14(17)8-15(18)7-13/h6-8,11-12,16,19H,4-5,9-10H2,1-3H3/t11-,12+,16?. The van der Waals surface area contributed by atoms with Crippen molar-refractivity contribution < 1.29 is 13.5 Å². The fourth-order valence-corrected chi connectivity index (χ4v) is 3.03. The first-order valence-electron chi connectivity index (χ1n) is 7.49. The minimum Gasteiger partial charge on any atom is -0.373 e. The predicted octanol–water partition coefficient (Wildman–Crippen LogP) is 2.72. The first-order valence-corrected chi connectivity index (χ1v) is 7.49. The minimum absolute atomic E-state index is 0.0522. The van der Waals surface area contributed by atoms with Crippen LogP contribution in [0.15, 0.2) is 18.2 Å². The molecule has 1 unspecified atom stereocenters. The molecule has 3 nitrogen and oxygen atoms in total. The Bertz CT molecular complexity index is 439. The monoisotopic (exact) mass is 298 g/mol. The summed E-state index contributed by atoms with van der Waals surface area (Å²) in [6.45, 7) is 6.82. The summed E-state index contributed by atoms with van der Waals surface area (Å²) < 4.78 is 32.4. The maximum atomic E-state index is 13.3. The second-order valence-electron chi connectivity index (χ2n) is 5.85. The zero-order valence-electron chi connectivity index (χ0n) is 12.9. The number of benzene rings is 1. The molecular weight excluding hydrogens is 274 g/mol. The number of rotatable bonds is 5. The number of halogens is 2. The molecule has 1 aromatic rings. The summed E-state index contributed by atoms with van der Waals surface area (Å²) in [6.07, 6.45) is 1.26. The van der Waals surface area contributed by atoms with E-state index in [2.05, 4.69) is 24.1 Å². The molecule has 0 saturated carbocycles. The van der Waals surface area contributed by atoms with E-state index in [-0.39, 0.29) is 18.2 Å². The highest BCUT2D eigenvalue weighted by atomic mass is 19.1. The van der Waals surface area contributed by atoms with Gasteiger partial charge in [-0.25, -0.2) is 8.78 Å². The molecule has 21 heavy (non-hydrogen) atoms. The van der Waals surface area contributed by atoms with Crippen molar-refractivity contribution in [1.29, 1.82) is 0 Å². The molecule has 0 amide bonds. The van der Waals surface area contributed by atoms with E-state index in [0.717, 1.165) is 32.1 Å². The van der Waals surface area contributed by atoms with Crippen molar-refractivity contribution in [1.82, 2.24) is 10.2 Å². The minimum atomic E-state index is -0.529. The number of ether oxygens (including phenoxy) is 1. The highest BCUT2D eigenvalue weighted by molar-refractivity contribution is 5.21. The predicted molar refractivity (Wildman–Crippen MR) is 79.2 cm³/mol. The van der Waals surface area contributed by atoms with E-state index in [1.165, 1.54) is 12.1 Å². The Labute approximate surface area is 125 Å². The van der Waals surface area contributed by atoms with Crippen LogP contribution >= 0.6 is 0 Å². The van der Waals surface area contributed by atoms with Crippen molar-refractivity contribution in [2.75, 3.05) is 26.7 Å². The van der Waals surface area contributed by atoms with Crippen molar-refractivity contribution in [3.63, 3.8) is 0 Å². The summed E-state index contributed by atoms with van der Waals surface area (Å²) in [4.78, 5) is 2.35. The maximum Gasteiger partial charge on any atom is 0.126 e. The maximum absolute atomic E-state index is 13.3. The third-order valence-corrected chi connectivity index (χ3v) is 3.86. The summed E-state index contributed by atoms with van der Waals surface area (Å²) in [5.41, 5.74) is 0.657. The Balaban J connectivity index is 1.96. The van der Waals surface area contributed by atoms with Gasteiger partial charge in [0.2, 0.25) is 0 Å². The van der Waals surface area contributed by atoms with Gasteiger partial charge < -0.3 is 10.1 Å². The molecule has 3 atom stereocenters. The Hall–Kier alpha value is -1.04. The summed E-state index contributed by atoms with van der Waals surface area (Å²) in [5, 5.41) is 3.14. The van der Waals surface area contributed by atoms with Crippen LogP contribution in [0.3, 0.4) is 0 Å². The van der Waals surface area contributed by atoms with Crippen molar-refractivity contribution in [2.45, 2.75) is 38.5 Å². The van der Waals surface area contributed by atoms with Gasteiger partial charge in [-0.05, 0) is 45.0 Å². The Morgan fingerprint density at radius 1 is 1.19 bits per heavy atom. The number of nitrogens with one attached hydrogen (secondary N) is 1. The van der Waals surface area contributed by atoms with Crippen molar-refractivity contribution in [3.05, 3.63) is 35.4 Å². The molecule has 1 fully saturated rings. The first-order chi connectivity index (χ1) is 9.97. The van der Waals surface area contributed by atoms with Crippen LogP contribution in [-0.2, 0) is 4.74 Å². The molecule has 0 radical (unpaired) electrons. The average molecular weight is 298 g/mol. The molecule has 0 aliphatic carbocycles. The largest absolute Gasteiger partial charge is 0.373 e. The van der Waals surface area contributed by atoms with E-state index in [9.17, 15) is 8.78 Å². The molecule has 1 aliphatic rings. The summed E-state index contributed by atoms with van der Waals surface area (Å²) in [7, 11) is 1.82. The Morgan fingerprint density at radius 2 is 1.76 bits per heavy atom. The fourth-order valence-electron chi connectivity index (χ4n) is 3.03. The molecular formula is C16H24F2N2O. The number of morpholine rings is 1. The van der Waals surface area contributed by atoms with E-state index in [1.54, 1.807) is 0 Å². The molecule has 0 bridgehead atoms. The second kappa shape index (κ2) is 7.29. The zero-order chi connectivity index (χ0) is 15.4. The third-order valence-electron chi connectivity index (χ3n) is 3.86. The summed E-state index contributed by atoms with van der Waals surface area (Å²) in [6, 6.07) is 3.65. The Kier molecular flexibility index (Phi) is 5.67. The lowest BCUT2D eigenvalue weighted by Gasteiger charge is -2.36. The molecule has 0 aromatic heterocycles. The van der Waals surface area contributed by atoms with Gasteiger partial charge in [0, 0.05) is 31.7 Å². The third kappa shape index (κ3) is 4.73.